The van der Waals surface area contributed by atoms with E-state index < -0.39 is 0 Å². The Hall–Kier alpha value is -0.260. The Morgan fingerprint density at radius 2 is 2.31 bits per heavy atom. The molecule has 0 fully saturated rings. The second kappa shape index (κ2) is 7.17. The van der Waals surface area contributed by atoms with Gasteiger partial charge in [0.2, 0.25) is 5.91 Å². The van der Waals surface area contributed by atoms with Gasteiger partial charge in [-0.2, -0.15) is 0 Å². The fourth-order valence-corrected chi connectivity index (χ4v) is 2.15. The van der Waals surface area contributed by atoms with Gasteiger partial charge in [-0.05, 0) is 12.8 Å². The van der Waals surface area contributed by atoms with Gasteiger partial charge in [0.05, 0.1) is 5.25 Å². The van der Waals surface area contributed by atoms with Crippen LogP contribution in [0.2, 0.25) is 0 Å². The number of aliphatic hydroxyl groups excluding tert-OH is 1. The van der Waals surface area contributed by atoms with Gasteiger partial charge >= 0.3 is 0 Å². The lowest BCUT2D eigenvalue weighted by Gasteiger charge is -2.16. The molecule has 0 aliphatic carbocycles. The van der Waals surface area contributed by atoms with Gasteiger partial charge in [0.15, 0.2) is 0 Å². The van der Waals surface area contributed by atoms with Crippen LogP contribution in [-0.4, -0.2) is 28.1 Å². The zero-order chi connectivity index (χ0) is 10.3. The lowest BCUT2D eigenvalue weighted by Crippen LogP contribution is -2.38. The van der Waals surface area contributed by atoms with E-state index in [4.69, 9.17) is 10.9 Å². The normalized spacial score (nSPS) is 15.1. The monoisotopic (exact) mass is 206 g/mol. The van der Waals surface area contributed by atoms with Crippen molar-refractivity contribution in [1.82, 2.24) is 5.43 Å². The van der Waals surface area contributed by atoms with Gasteiger partial charge < -0.3 is 5.11 Å². The predicted molar refractivity (Wildman–Crippen MR) is 55.2 cm³/mol. The first-order valence-electron chi connectivity index (χ1n) is 4.42. The second-order valence-corrected chi connectivity index (χ2v) is 4.51. The lowest BCUT2D eigenvalue weighted by atomic mass is 10.3. The van der Waals surface area contributed by atoms with Crippen LogP contribution >= 0.6 is 11.8 Å². The van der Waals surface area contributed by atoms with Crippen LogP contribution in [0.25, 0.3) is 0 Å². The van der Waals surface area contributed by atoms with Crippen molar-refractivity contribution < 1.29 is 9.90 Å². The van der Waals surface area contributed by atoms with Crippen molar-refractivity contribution in [3.63, 3.8) is 0 Å². The summed E-state index contributed by atoms with van der Waals surface area (Å²) in [5.74, 6) is 4.89. The molecule has 13 heavy (non-hydrogen) atoms. The van der Waals surface area contributed by atoms with E-state index >= 15 is 0 Å². The molecule has 0 aromatic rings. The van der Waals surface area contributed by atoms with Gasteiger partial charge in [0.1, 0.15) is 0 Å². The summed E-state index contributed by atoms with van der Waals surface area (Å²) < 4.78 is 0. The topological polar surface area (TPSA) is 75.3 Å². The molecule has 4 N–H and O–H groups in total. The Balaban J connectivity index is 3.89. The molecule has 1 amide bonds. The van der Waals surface area contributed by atoms with E-state index in [0.29, 0.717) is 6.42 Å². The van der Waals surface area contributed by atoms with E-state index in [9.17, 15) is 4.79 Å². The molecule has 2 atom stereocenters. The molecule has 5 heteroatoms. The van der Waals surface area contributed by atoms with E-state index in [-0.39, 0.29) is 23.0 Å². The zero-order valence-electron chi connectivity index (χ0n) is 8.12. The highest BCUT2D eigenvalue weighted by Gasteiger charge is 2.18. The Morgan fingerprint density at radius 1 is 1.69 bits per heavy atom. The van der Waals surface area contributed by atoms with Crippen molar-refractivity contribution in [3.8, 4) is 0 Å². The number of hydrazine groups is 1. The number of nitrogens with two attached hydrogens (primary N) is 1. The fraction of sp³-hybridized carbons (Fsp3) is 0.875. The molecular formula is C8H18N2O2S. The third kappa shape index (κ3) is 5.13. The van der Waals surface area contributed by atoms with Crippen LogP contribution in [0.15, 0.2) is 0 Å². The summed E-state index contributed by atoms with van der Waals surface area (Å²) in [5, 5.41) is 8.86. The van der Waals surface area contributed by atoms with Crippen LogP contribution in [0, 0.1) is 0 Å². The van der Waals surface area contributed by atoms with Crippen molar-refractivity contribution in [2.45, 2.75) is 37.2 Å². The van der Waals surface area contributed by atoms with Crippen LogP contribution in [0.5, 0.6) is 0 Å². The molecule has 0 aliphatic heterocycles. The maximum atomic E-state index is 11.2. The molecule has 0 bridgehead atoms. The summed E-state index contributed by atoms with van der Waals surface area (Å²) in [7, 11) is 0. The van der Waals surface area contributed by atoms with Crippen LogP contribution < -0.4 is 11.3 Å². The first-order valence-corrected chi connectivity index (χ1v) is 5.36. The molecule has 0 rings (SSSR count). The molecule has 0 aliphatic rings. The number of amides is 1. The molecule has 0 heterocycles. The smallest absolute Gasteiger partial charge is 0.246 e. The first kappa shape index (κ1) is 12.7. The maximum absolute atomic E-state index is 11.2. The molecule has 0 saturated heterocycles. The summed E-state index contributed by atoms with van der Waals surface area (Å²) in [5.41, 5.74) is 2.14. The Kier molecular flexibility index (Phi) is 7.03. The summed E-state index contributed by atoms with van der Waals surface area (Å²) in [4.78, 5) is 11.2. The van der Waals surface area contributed by atoms with Crippen molar-refractivity contribution in [1.29, 1.82) is 0 Å². The quantitative estimate of drug-likeness (QED) is 0.331. The molecule has 0 spiro atoms. The predicted octanol–water partition coefficient (Wildman–Crippen LogP) is 0.259. The summed E-state index contributed by atoms with van der Waals surface area (Å²) >= 11 is 1.55. The minimum absolute atomic E-state index is 0.105. The highest BCUT2D eigenvalue weighted by molar-refractivity contribution is 8.01. The number of hydrogen-bond acceptors (Lipinski definition) is 4. The molecule has 0 aromatic heterocycles. The number of aliphatic hydroxyl groups is 1. The van der Waals surface area contributed by atoms with E-state index in [1.807, 2.05) is 13.8 Å². The van der Waals surface area contributed by atoms with Crippen molar-refractivity contribution in [3.05, 3.63) is 0 Å². The number of carbonyl (C=O) groups excluding carboxylic acids is 1. The van der Waals surface area contributed by atoms with Gasteiger partial charge in [-0.15, -0.1) is 11.8 Å². The molecule has 2 unspecified atom stereocenters. The summed E-state index contributed by atoms with van der Waals surface area (Å²) in [6.07, 6.45) is 1.46. The van der Waals surface area contributed by atoms with Crippen LogP contribution in [-0.2, 0) is 4.79 Å². The first-order chi connectivity index (χ1) is 6.15. The number of nitrogens with one attached hydrogen (secondary N) is 1. The van der Waals surface area contributed by atoms with Crippen LogP contribution in [0.3, 0.4) is 0 Å². The maximum Gasteiger partial charge on any atom is 0.246 e. The van der Waals surface area contributed by atoms with E-state index in [1.165, 1.54) is 0 Å². The van der Waals surface area contributed by atoms with E-state index in [2.05, 4.69) is 5.43 Å². The average molecular weight is 206 g/mol. The third-order valence-electron chi connectivity index (χ3n) is 1.74. The Morgan fingerprint density at radius 3 is 2.69 bits per heavy atom. The molecule has 0 radical (unpaired) electrons. The van der Waals surface area contributed by atoms with Crippen LogP contribution in [0.1, 0.15) is 26.7 Å². The fourth-order valence-electron chi connectivity index (χ4n) is 0.967. The van der Waals surface area contributed by atoms with E-state index in [1.54, 1.807) is 11.8 Å². The zero-order valence-corrected chi connectivity index (χ0v) is 8.93. The minimum Gasteiger partial charge on any atom is -0.396 e. The standard InChI is InChI=1S/C8H18N2O2S/c1-3-7(8(12)10-9)13-6(2)4-5-11/h6-7,11H,3-5,9H2,1-2H3,(H,10,12). The number of hydrogen-bond donors (Lipinski definition) is 3. The van der Waals surface area contributed by atoms with Crippen molar-refractivity contribution in [2.24, 2.45) is 5.84 Å². The second-order valence-electron chi connectivity index (χ2n) is 2.86. The average Bonchev–Trinajstić information content (AvgIpc) is 2.13. The third-order valence-corrected chi connectivity index (χ3v) is 3.31. The summed E-state index contributed by atoms with van der Waals surface area (Å²) in [6, 6.07) is 0. The molecule has 0 saturated carbocycles. The SMILES string of the molecule is CCC(SC(C)CCO)C(=O)NN. The van der Waals surface area contributed by atoms with Crippen molar-refractivity contribution >= 4 is 17.7 Å². The van der Waals surface area contributed by atoms with Crippen molar-refractivity contribution in [2.75, 3.05) is 6.61 Å². The minimum atomic E-state index is -0.141. The highest BCUT2D eigenvalue weighted by Crippen LogP contribution is 2.22. The van der Waals surface area contributed by atoms with E-state index in [0.717, 1.165) is 6.42 Å². The van der Waals surface area contributed by atoms with Gasteiger partial charge in [0.25, 0.3) is 0 Å². The number of rotatable bonds is 6. The summed E-state index contributed by atoms with van der Waals surface area (Å²) in [6.45, 7) is 4.10. The largest absolute Gasteiger partial charge is 0.396 e. The molecular weight excluding hydrogens is 188 g/mol. The van der Waals surface area contributed by atoms with Gasteiger partial charge in [-0.1, -0.05) is 13.8 Å². The number of thioether (sulfide) groups is 1. The highest BCUT2D eigenvalue weighted by atomic mass is 32.2. The van der Waals surface area contributed by atoms with Crippen LogP contribution in [0.4, 0.5) is 0 Å². The number of carbonyl (C=O) groups is 1. The Labute approximate surface area is 83.2 Å². The van der Waals surface area contributed by atoms with Gasteiger partial charge in [0, 0.05) is 11.9 Å². The van der Waals surface area contributed by atoms with Gasteiger partial charge in [-0.25, -0.2) is 5.84 Å². The van der Waals surface area contributed by atoms with Gasteiger partial charge in [-0.3, -0.25) is 10.2 Å². The lowest BCUT2D eigenvalue weighted by molar-refractivity contribution is -0.120. The molecule has 0 aromatic carbocycles. The molecule has 78 valence electrons. The molecule has 4 nitrogen and oxygen atoms in total. The Bertz CT molecular complexity index is 155.